The first-order valence-corrected chi connectivity index (χ1v) is 6.81. The van der Waals surface area contributed by atoms with Gasteiger partial charge >= 0.3 is 0 Å². The number of anilines is 1. The second-order valence-electron chi connectivity index (χ2n) is 4.46. The molecule has 5 heteroatoms. The molecule has 21 heavy (non-hydrogen) atoms. The van der Waals surface area contributed by atoms with E-state index in [1.165, 1.54) is 0 Å². The number of rotatable bonds is 5. The van der Waals surface area contributed by atoms with Crippen LogP contribution >= 0.6 is 24.0 Å². The molecule has 0 bridgehead atoms. The maximum absolute atomic E-state index is 9.19. The summed E-state index contributed by atoms with van der Waals surface area (Å²) >= 11 is 6.03. The SMILES string of the molecule is Cl.N#Cc1ccc(Cl)cc1CN(CCN)c1ccccc1. The van der Waals surface area contributed by atoms with Crippen LogP contribution in [0.5, 0.6) is 0 Å². The lowest BCUT2D eigenvalue weighted by Gasteiger charge is -2.24. The Labute approximate surface area is 136 Å². The Hall–Kier alpha value is -1.73. The topological polar surface area (TPSA) is 53.0 Å². The lowest BCUT2D eigenvalue weighted by molar-refractivity contribution is 0.789. The van der Waals surface area contributed by atoms with Gasteiger partial charge in [-0.15, -0.1) is 12.4 Å². The molecule has 0 aliphatic rings. The first kappa shape index (κ1) is 17.3. The monoisotopic (exact) mass is 321 g/mol. The van der Waals surface area contributed by atoms with Crippen LogP contribution in [-0.4, -0.2) is 13.1 Å². The molecule has 0 saturated heterocycles. The van der Waals surface area contributed by atoms with Crippen LogP contribution in [0, 0.1) is 11.3 Å². The molecule has 0 radical (unpaired) electrons. The quantitative estimate of drug-likeness (QED) is 0.915. The Bertz CT molecular complexity index is 609. The molecule has 0 atom stereocenters. The maximum atomic E-state index is 9.19. The van der Waals surface area contributed by atoms with Crippen molar-refractivity contribution in [1.82, 2.24) is 0 Å². The van der Waals surface area contributed by atoms with E-state index in [0.717, 1.165) is 17.8 Å². The fourth-order valence-electron chi connectivity index (χ4n) is 2.10. The molecule has 0 aromatic heterocycles. The van der Waals surface area contributed by atoms with E-state index < -0.39 is 0 Å². The molecule has 3 nitrogen and oxygen atoms in total. The molecule has 2 aromatic carbocycles. The van der Waals surface area contributed by atoms with Gasteiger partial charge < -0.3 is 10.6 Å². The summed E-state index contributed by atoms with van der Waals surface area (Å²) in [6.45, 7) is 1.89. The van der Waals surface area contributed by atoms with E-state index in [2.05, 4.69) is 11.0 Å². The molecule has 0 unspecified atom stereocenters. The van der Waals surface area contributed by atoms with E-state index in [1.807, 2.05) is 36.4 Å². The van der Waals surface area contributed by atoms with Gasteiger partial charge in [0, 0.05) is 30.3 Å². The van der Waals surface area contributed by atoms with Gasteiger partial charge in [0.1, 0.15) is 0 Å². The van der Waals surface area contributed by atoms with Gasteiger partial charge in [-0.3, -0.25) is 0 Å². The van der Waals surface area contributed by atoms with Crippen molar-refractivity contribution in [3.63, 3.8) is 0 Å². The molecule has 0 amide bonds. The van der Waals surface area contributed by atoms with E-state index in [9.17, 15) is 5.26 Å². The second-order valence-corrected chi connectivity index (χ2v) is 4.90. The van der Waals surface area contributed by atoms with Crippen LogP contribution in [0.25, 0.3) is 0 Å². The average Bonchev–Trinajstić information content (AvgIpc) is 2.48. The van der Waals surface area contributed by atoms with Crippen LogP contribution < -0.4 is 10.6 Å². The van der Waals surface area contributed by atoms with Crippen LogP contribution in [0.15, 0.2) is 48.5 Å². The van der Waals surface area contributed by atoms with Crippen molar-refractivity contribution in [2.75, 3.05) is 18.0 Å². The van der Waals surface area contributed by atoms with Gasteiger partial charge in [-0.05, 0) is 35.9 Å². The Morgan fingerprint density at radius 3 is 2.48 bits per heavy atom. The number of hydrogen-bond donors (Lipinski definition) is 1. The van der Waals surface area contributed by atoms with E-state index in [0.29, 0.717) is 23.7 Å². The van der Waals surface area contributed by atoms with Crippen LogP contribution in [0.3, 0.4) is 0 Å². The van der Waals surface area contributed by atoms with Crippen LogP contribution in [-0.2, 0) is 6.54 Å². The minimum Gasteiger partial charge on any atom is -0.366 e. The number of nitrogens with zero attached hydrogens (tertiary/aromatic N) is 2. The van der Waals surface area contributed by atoms with Crippen molar-refractivity contribution >= 4 is 29.7 Å². The van der Waals surface area contributed by atoms with Crippen molar-refractivity contribution in [2.24, 2.45) is 5.73 Å². The number of nitrogens with two attached hydrogens (primary N) is 1. The number of nitriles is 1. The lowest BCUT2D eigenvalue weighted by Crippen LogP contribution is -2.29. The normalized spacial score (nSPS) is 9.57. The first-order valence-electron chi connectivity index (χ1n) is 6.43. The van der Waals surface area contributed by atoms with Gasteiger partial charge in [-0.1, -0.05) is 29.8 Å². The standard InChI is InChI=1S/C16H16ClN3.ClH/c17-15-7-6-13(11-19)14(10-15)12-20(9-8-18)16-4-2-1-3-5-16;/h1-7,10H,8-9,12,18H2;1H. The number of hydrogen-bond acceptors (Lipinski definition) is 3. The molecule has 2 N–H and O–H groups in total. The molecule has 0 saturated carbocycles. The molecule has 0 aliphatic carbocycles. The zero-order chi connectivity index (χ0) is 14.4. The highest BCUT2D eigenvalue weighted by Gasteiger charge is 2.10. The molecule has 0 spiro atoms. The summed E-state index contributed by atoms with van der Waals surface area (Å²) in [6, 6.07) is 17.6. The first-order chi connectivity index (χ1) is 9.74. The van der Waals surface area contributed by atoms with Crippen molar-refractivity contribution in [3.8, 4) is 6.07 Å². The summed E-state index contributed by atoms with van der Waals surface area (Å²) in [7, 11) is 0. The van der Waals surface area contributed by atoms with Crippen molar-refractivity contribution < 1.29 is 0 Å². The summed E-state index contributed by atoms with van der Waals surface area (Å²) in [4.78, 5) is 2.15. The third-order valence-corrected chi connectivity index (χ3v) is 3.30. The number of benzene rings is 2. The minimum atomic E-state index is 0. The smallest absolute Gasteiger partial charge is 0.0995 e. The highest BCUT2D eigenvalue weighted by Crippen LogP contribution is 2.21. The summed E-state index contributed by atoms with van der Waals surface area (Å²) in [5.41, 5.74) is 8.33. The molecular weight excluding hydrogens is 305 g/mol. The van der Waals surface area contributed by atoms with Crippen molar-refractivity contribution in [1.29, 1.82) is 5.26 Å². The van der Waals surface area contributed by atoms with Gasteiger partial charge in [-0.25, -0.2) is 0 Å². The zero-order valence-electron chi connectivity index (χ0n) is 11.5. The molecule has 2 rings (SSSR count). The van der Waals surface area contributed by atoms with Gasteiger partial charge in [0.2, 0.25) is 0 Å². The Morgan fingerprint density at radius 2 is 1.86 bits per heavy atom. The molecule has 0 aliphatic heterocycles. The fraction of sp³-hybridized carbons (Fsp3) is 0.188. The summed E-state index contributed by atoms with van der Waals surface area (Å²) < 4.78 is 0. The second kappa shape index (κ2) is 8.53. The highest BCUT2D eigenvalue weighted by molar-refractivity contribution is 6.30. The predicted molar refractivity (Wildman–Crippen MR) is 90.0 cm³/mol. The summed E-state index contributed by atoms with van der Waals surface area (Å²) in [5.74, 6) is 0. The largest absolute Gasteiger partial charge is 0.366 e. The molecule has 2 aromatic rings. The van der Waals surface area contributed by atoms with E-state index in [4.69, 9.17) is 17.3 Å². The highest BCUT2D eigenvalue weighted by atomic mass is 35.5. The fourth-order valence-corrected chi connectivity index (χ4v) is 2.30. The van der Waals surface area contributed by atoms with Gasteiger partial charge in [0.05, 0.1) is 11.6 Å². The van der Waals surface area contributed by atoms with Gasteiger partial charge in [0.25, 0.3) is 0 Å². The third kappa shape index (κ3) is 4.64. The van der Waals surface area contributed by atoms with E-state index >= 15 is 0 Å². The summed E-state index contributed by atoms with van der Waals surface area (Å²) in [6.07, 6.45) is 0. The minimum absolute atomic E-state index is 0. The Morgan fingerprint density at radius 1 is 1.14 bits per heavy atom. The maximum Gasteiger partial charge on any atom is 0.0995 e. The Balaban J connectivity index is 0.00000220. The van der Waals surface area contributed by atoms with Gasteiger partial charge in [-0.2, -0.15) is 5.26 Å². The zero-order valence-corrected chi connectivity index (χ0v) is 13.1. The van der Waals surface area contributed by atoms with E-state index in [-0.39, 0.29) is 12.4 Å². The third-order valence-electron chi connectivity index (χ3n) is 3.07. The Kier molecular flexibility index (Phi) is 7.04. The van der Waals surface area contributed by atoms with E-state index in [1.54, 1.807) is 12.1 Å². The average molecular weight is 322 g/mol. The van der Waals surface area contributed by atoms with Crippen LogP contribution in [0.4, 0.5) is 5.69 Å². The van der Waals surface area contributed by atoms with Crippen molar-refractivity contribution in [3.05, 3.63) is 64.7 Å². The van der Waals surface area contributed by atoms with Crippen LogP contribution in [0.2, 0.25) is 5.02 Å². The van der Waals surface area contributed by atoms with Crippen molar-refractivity contribution in [2.45, 2.75) is 6.54 Å². The summed E-state index contributed by atoms with van der Waals surface area (Å²) in [5, 5.41) is 9.83. The lowest BCUT2D eigenvalue weighted by atomic mass is 10.1. The number of halogens is 2. The van der Waals surface area contributed by atoms with Crippen LogP contribution in [0.1, 0.15) is 11.1 Å². The van der Waals surface area contributed by atoms with Gasteiger partial charge in [0.15, 0.2) is 0 Å². The molecular formula is C16H17Cl2N3. The number of para-hydroxylation sites is 1. The molecule has 0 heterocycles. The molecule has 110 valence electrons. The molecule has 0 fully saturated rings. The predicted octanol–water partition coefficient (Wildman–Crippen LogP) is 3.60.